The van der Waals surface area contributed by atoms with Gasteiger partial charge in [0.15, 0.2) is 0 Å². The second kappa shape index (κ2) is 5.94. The summed E-state index contributed by atoms with van der Waals surface area (Å²) in [5, 5.41) is 3.63. The summed E-state index contributed by atoms with van der Waals surface area (Å²) in [6.07, 6.45) is 4.09. The van der Waals surface area contributed by atoms with Crippen molar-refractivity contribution in [2.75, 3.05) is 7.11 Å². The van der Waals surface area contributed by atoms with Crippen LogP contribution in [0.2, 0.25) is 0 Å². The maximum absolute atomic E-state index is 5.15. The predicted octanol–water partition coefficient (Wildman–Crippen LogP) is 3.63. The largest absolute Gasteiger partial charge is 0.481 e. The van der Waals surface area contributed by atoms with Crippen molar-refractivity contribution >= 4 is 15.9 Å². The summed E-state index contributed by atoms with van der Waals surface area (Å²) in [6.45, 7) is 0.832. The lowest BCUT2D eigenvalue weighted by atomic mass is 10.1. The van der Waals surface area contributed by atoms with E-state index in [1.54, 1.807) is 13.3 Å². The molecule has 0 spiro atoms. The standard InChI is InChI=1S/C16H17BrN2O/c1-20-16-8-11(6-7-18-16)10-19-15-5-2-12-9-13(17)3-4-14(12)15/h3-4,6-9,15,19H,2,5,10H2,1H3. The van der Waals surface area contributed by atoms with E-state index in [2.05, 4.69) is 44.4 Å². The number of aromatic nitrogens is 1. The van der Waals surface area contributed by atoms with Crippen LogP contribution < -0.4 is 10.1 Å². The Balaban J connectivity index is 1.68. The molecule has 0 fully saturated rings. The quantitative estimate of drug-likeness (QED) is 0.928. The van der Waals surface area contributed by atoms with Crippen LogP contribution in [0.3, 0.4) is 0 Å². The number of pyridine rings is 1. The van der Waals surface area contributed by atoms with Crippen molar-refractivity contribution in [2.24, 2.45) is 0 Å². The summed E-state index contributed by atoms with van der Waals surface area (Å²) >= 11 is 3.54. The predicted molar refractivity (Wildman–Crippen MR) is 82.8 cm³/mol. The molecule has 0 bridgehead atoms. The van der Waals surface area contributed by atoms with Crippen molar-refractivity contribution in [2.45, 2.75) is 25.4 Å². The van der Waals surface area contributed by atoms with Gasteiger partial charge in [-0.2, -0.15) is 0 Å². The van der Waals surface area contributed by atoms with Crippen LogP contribution in [0.1, 0.15) is 29.2 Å². The van der Waals surface area contributed by atoms with E-state index in [0.29, 0.717) is 11.9 Å². The minimum atomic E-state index is 0.442. The molecule has 4 heteroatoms. The van der Waals surface area contributed by atoms with Gasteiger partial charge in [-0.1, -0.05) is 22.0 Å². The fourth-order valence-electron chi connectivity index (χ4n) is 2.71. The molecule has 1 aromatic heterocycles. The molecule has 3 nitrogen and oxygen atoms in total. The van der Waals surface area contributed by atoms with Gasteiger partial charge in [0.1, 0.15) is 0 Å². The van der Waals surface area contributed by atoms with Crippen molar-refractivity contribution in [3.63, 3.8) is 0 Å². The molecule has 1 unspecified atom stereocenters. The van der Waals surface area contributed by atoms with Crippen molar-refractivity contribution < 1.29 is 4.74 Å². The average Bonchev–Trinajstić information content (AvgIpc) is 2.87. The normalized spacial score (nSPS) is 17.0. The van der Waals surface area contributed by atoms with Crippen LogP contribution in [0.15, 0.2) is 41.0 Å². The summed E-state index contributed by atoms with van der Waals surface area (Å²) in [6, 6.07) is 11.0. The highest BCUT2D eigenvalue weighted by Crippen LogP contribution is 2.33. The number of aryl methyl sites for hydroxylation is 1. The fourth-order valence-corrected chi connectivity index (χ4v) is 3.12. The number of nitrogens with zero attached hydrogens (tertiary/aromatic N) is 1. The van der Waals surface area contributed by atoms with Gasteiger partial charge in [0.05, 0.1) is 7.11 Å². The van der Waals surface area contributed by atoms with E-state index in [0.717, 1.165) is 23.9 Å². The van der Waals surface area contributed by atoms with E-state index in [1.807, 2.05) is 12.1 Å². The first-order valence-electron chi connectivity index (χ1n) is 6.77. The highest BCUT2D eigenvalue weighted by atomic mass is 79.9. The van der Waals surface area contributed by atoms with Crippen LogP contribution in [0.4, 0.5) is 0 Å². The third kappa shape index (κ3) is 2.86. The number of hydrogen-bond donors (Lipinski definition) is 1. The van der Waals surface area contributed by atoms with E-state index in [9.17, 15) is 0 Å². The Bertz CT molecular complexity index is 615. The molecule has 0 radical (unpaired) electrons. The highest BCUT2D eigenvalue weighted by molar-refractivity contribution is 9.10. The summed E-state index contributed by atoms with van der Waals surface area (Å²) in [7, 11) is 1.64. The lowest BCUT2D eigenvalue weighted by Gasteiger charge is -2.14. The minimum absolute atomic E-state index is 0.442. The molecule has 0 saturated heterocycles. The number of methoxy groups -OCH3 is 1. The Labute approximate surface area is 127 Å². The zero-order valence-corrected chi connectivity index (χ0v) is 13.0. The molecule has 1 heterocycles. The molecule has 1 aliphatic rings. The minimum Gasteiger partial charge on any atom is -0.481 e. The lowest BCUT2D eigenvalue weighted by molar-refractivity contribution is 0.396. The van der Waals surface area contributed by atoms with Crippen LogP contribution >= 0.6 is 15.9 Å². The number of nitrogens with one attached hydrogen (secondary N) is 1. The monoisotopic (exact) mass is 332 g/mol. The van der Waals surface area contributed by atoms with Gasteiger partial charge in [-0.05, 0) is 47.7 Å². The Morgan fingerprint density at radius 3 is 3.10 bits per heavy atom. The number of rotatable bonds is 4. The molecule has 3 rings (SSSR count). The summed E-state index contributed by atoms with van der Waals surface area (Å²) in [5.74, 6) is 0.667. The van der Waals surface area contributed by atoms with E-state index in [1.165, 1.54) is 16.7 Å². The van der Waals surface area contributed by atoms with Crippen molar-refractivity contribution in [3.8, 4) is 5.88 Å². The van der Waals surface area contributed by atoms with Crippen molar-refractivity contribution in [1.82, 2.24) is 10.3 Å². The third-order valence-corrected chi connectivity index (χ3v) is 4.24. The Morgan fingerprint density at radius 2 is 2.25 bits per heavy atom. The first-order valence-corrected chi connectivity index (χ1v) is 7.56. The molecule has 2 aromatic rings. The Morgan fingerprint density at radius 1 is 1.35 bits per heavy atom. The molecule has 1 aliphatic carbocycles. The van der Waals surface area contributed by atoms with Gasteiger partial charge < -0.3 is 10.1 Å². The number of hydrogen-bond acceptors (Lipinski definition) is 3. The molecule has 0 aliphatic heterocycles. The summed E-state index contributed by atoms with van der Waals surface area (Å²) < 4.78 is 6.31. The zero-order chi connectivity index (χ0) is 13.9. The number of benzene rings is 1. The molecule has 0 amide bonds. The van der Waals surface area contributed by atoms with Crippen LogP contribution in [0, 0.1) is 0 Å². The Hall–Kier alpha value is -1.39. The molecule has 20 heavy (non-hydrogen) atoms. The van der Waals surface area contributed by atoms with Crippen LogP contribution in [-0.2, 0) is 13.0 Å². The zero-order valence-electron chi connectivity index (χ0n) is 11.4. The second-order valence-electron chi connectivity index (χ2n) is 5.02. The van der Waals surface area contributed by atoms with E-state index in [4.69, 9.17) is 4.74 Å². The van der Waals surface area contributed by atoms with Crippen LogP contribution in [0.5, 0.6) is 5.88 Å². The topological polar surface area (TPSA) is 34.1 Å². The molecular formula is C16H17BrN2O. The van der Waals surface area contributed by atoms with Crippen molar-refractivity contribution in [1.29, 1.82) is 0 Å². The molecule has 104 valence electrons. The third-order valence-electron chi connectivity index (χ3n) is 3.74. The van der Waals surface area contributed by atoms with Crippen LogP contribution in [0.25, 0.3) is 0 Å². The summed E-state index contributed by atoms with van der Waals surface area (Å²) in [4.78, 5) is 4.13. The number of ether oxygens (including phenoxy) is 1. The van der Waals surface area contributed by atoms with E-state index >= 15 is 0 Å². The lowest BCUT2D eigenvalue weighted by Crippen LogP contribution is -2.18. The SMILES string of the molecule is COc1cc(CNC2CCc3cc(Br)ccc32)ccn1. The maximum atomic E-state index is 5.15. The van der Waals surface area contributed by atoms with Gasteiger partial charge in [0.25, 0.3) is 0 Å². The molecular weight excluding hydrogens is 316 g/mol. The van der Waals surface area contributed by atoms with Crippen LogP contribution in [-0.4, -0.2) is 12.1 Å². The maximum Gasteiger partial charge on any atom is 0.213 e. The van der Waals surface area contributed by atoms with E-state index in [-0.39, 0.29) is 0 Å². The number of fused-ring (bicyclic) bond motifs is 1. The molecule has 1 atom stereocenters. The molecule has 1 N–H and O–H groups in total. The van der Waals surface area contributed by atoms with Gasteiger partial charge in [0.2, 0.25) is 5.88 Å². The van der Waals surface area contributed by atoms with Crippen molar-refractivity contribution in [3.05, 3.63) is 57.7 Å². The first-order chi connectivity index (χ1) is 9.76. The fraction of sp³-hybridized carbons (Fsp3) is 0.312. The van der Waals surface area contributed by atoms with Gasteiger partial charge in [-0.15, -0.1) is 0 Å². The summed E-state index contributed by atoms with van der Waals surface area (Å²) in [5.41, 5.74) is 4.07. The molecule has 1 aromatic carbocycles. The van der Waals surface area contributed by atoms with E-state index < -0.39 is 0 Å². The van der Waals surface area contributed by atoms with Gasteiger partial charge in [-0.3, -0.25) is 0 Å². The molecule has 0 saturated carbocycles. The van der Waals surface area contributed by atoms with Gasteiger partial charge in [-0.25, -0.2) is 4.98 Å². The highest BCUT2D eigenvalue weighted by Gasteiger charge is 2.21. The first kappa shape index (κ1) is 13.6. The average molecular weight is 333 g/mol. The van der Waals surface area contributed by atoms with Gasteiger partial charge >= 0.3 is 0 Å². The van der Waals surface area contributed by atoms with Gasteiger partial charge in [0, 0.05) is 29.3 Å². The smallest absolute Gasteiger partial charge is 0.213 e. The number of halogens is 1. The Kier molecular flexibility index (Phi) is 4.03. The second-order valence-corrected chi connectivity index (χ2v) is 5.94.